The second-order valence-electron chi connectivity index (χ2n) is 8.12. The summed E-state index contributed by atoms with van der Waals surface area (Å²) in [5, 5.41) is 5.94. The van der Waals surface area contributed by atoms with Crippen molar-refractivity contribution >= 4 is 62.6 Å². The summed E-state index contributed by atoms with van der Waals surface area (Å²) < 4.78 is 62.9. The number of carbonyl (C=O) groups is 3. The molecule has 0 saturated heterocycles. The number of aromatic nitrogens is 2. The molecule has 3 aromatic rings. The number of imide groups is 1. The Labute approximate surface area is 229 Å². The molecule has 0 saturated carbocycles. The lowest BCUT2D eigenvalue weighted by Crippen LogP contribution is -2.36. The SMILES string of the molecule is CSc1ccc(S(=O)(=O)N(C)OC(=O)C(F)(F)F)cc1Nc1cc(Nc2ccc3c(c2)C(=O)N(C)C3=O)ncn1. The lowest BCUT2D eigenvalue weighted by molar-refractivity contribution is -0.219. The fourth-order valence-corrected chi connectivity index (χ4v) is 5.03. The van der Waals surface area contributed by atoms with Crippen LogP contribution in [0, 0.1) is 0 Å². The summed E-state index contributed by atoms with van der Waals surface area (Å²) in [4.78, 5) is 48.8. The van der Waals surface area contributed by atoms with Crippen molar-refractivity contribution in [2.24, 2.45) is 0 Å². The molecular formula is C23H19F3N6O6S2. The van der Waals surface area contributed by atoms with E-state index in [1.165, 1.54) is 49.4 Å². The Hall–Kier alpha value is -4.22. The van der Waals surface area contributed by atoms with Crippen LogP contribution in [0.2, 0.25) is 0 Å². The number of benzene rings is 2. The molecular weight excluding hydrogens is 577 g/mol. The van der Waals surface area contributed by atoms with Gasteiger partial charge in [0.1, 0.15) is 18.0 Å². The average molecular weight is 597 g/mol. The van der Waals surface area contributed by atoms with Gasteiger partial charge in [0.2, 0.25) is 0 Å². The number of thioether (sulfide) groups is 1. The van der Waals surface area contributed by atoms with Crippen molar-refractivity contribution in [2.45, 2.75) is 16.0 Å². The largest absolute Gasteiger partial charge is 0.492 e. The van der Waals surface area contributed by atoms with Crippen molar-refractivity contribution in [3.05, 3.63) is 59.9 Å². The zero-order valence-electron chi connectivity index (χ0n) is 20.8. The summed E-state index contributed by atoms with van der Waals surface area (Å²) in [6.45, 7) is 0. The Bertz CT molecular complexity index is 1630. The maximum atomic E-state index is 12.8. The first-order valence-electron chi connectivity index (χ1n) is 11.0. The van der Waals surface area contributed by atoms with E-state index < -0.39 is 38.9 Å². The molecule has 0 aliphatic carbocycles. The minimum atomic E-state index is -5.39. The first kappa shape index (κ1) is 28.8. The highest BCUT2D eigenvalue weighted by atomic mass is 32.2. The number of hydroxylamine groups is 1. The molecule has 17 heteroatoms. The molecule has 1 aromatic heterocycles. The Morgan fingerprint density at radius 3 is 2.30 bits per heavy atom. The number of halogens is 3. The van der Waals surface area contributed by atoms with Crippen LogP contribution in [0.4, 0.5) is 36.2 Å². The molecule has 1 aliphatic rings. The number of nitrogens with zero attached hydrogens (tertiary/aromatic N) is 4. The van der Waals surface area contributed by atoms with Gasteiger partial charge in [0, 0.05) is 30.7 Å². The van der Waals surface area contributed by atoms with Gasteiger partial charge in [-0.3, -0.25) is 14.5 Å². The number of carbonyl (C=O) groups excluding carboxylic acids is 3. The van der Waals surface area contributed by atoms with Gasteiger partial charge in [-0.25, -0.2) is 23.2 Å². The van der Waals surface area contributed by atoms with Gasteiger partial charge in [-0.05, 0) is 47.1 Å². The number of nitrogens with one attached hydrogen (secondary N) is 2. The van der Waals surface area contributed by atoms with E-state index in [1.807, 2.05) is 0 Å². The molecule has 0 atom stereocenters. The third-order valence-electron chi connectivity index (χ3n) is 5.54. The molecule has 40 heavy (non-hydrogen) atoms. The summed E-state index contributed by atoms with van der Waals surface area (Å²) in [7, 11) is -2.61. The number of rotatable bonds is 8. The number of amides is 2. The fourth-order valence-electron chi connectivity index (χ4n) is 3.53. The molecule has 0 bridgehead atoms. The highest BCUT2D eigenvalue weighted by Gasteiger charge is 2.44. The van der Waals surface area contributed by atoms with E-state index in [4.69, 9.17) is 0 Å². The van der Waals surface area contributed by atoms with E-state index in [-0.39, 0.29) is 32.9 Å². The van der Waals surface area contributed by atoms with Crippen molar-refractivity contribution in [1.29, 1.82) is 0 Å². The number of sulfonamides is 1. The third-order valence-corrected chi connectivity index (χ3v) is 7.94. The van der Waals surface area contributed by atoms with E-state index in [9.17, 15) is 36.0 Å². The van der Waals surface area contributed by atoms with E-state index in [0.717, 1.165) is 17.0 Å². The van der Waals surface area contributed by atoms with Crippen molar-refractivity contribution < 1.29 is 40.8 Å². The Kier molecular flexibility index (Phi) is 7.73. The molecule has 2 aromatic carbocycles. The number of alkyl halides is 3. The molecule has 210 valence electrons. The number of fused-ring (bicyclic) bond motifs is 1. The minimum absolute atomic E-state index is 0.167. The second-order valence-corrected chi connectivity index (χ2v) is 10.9. The zero-order valence-corrected chi connectivity index (χ0v) is 22.4. The molecule has 12 nitrogen and oxygen atoms in total. The number of anilines is 4. The lowest BCUT2D eigenvalue weighted by Gasteiger charge is -2.18. The van der Waals surface area contributed by atoms with Gasteiger partial charge in [0.05, 0.1) is 21.7 Å². The first-order valence-corrected chi connectivity index (χ1v) is 13.7. The minimum Gasteiger partial charge on any atom is -0.345 e. The van der Waals surface area contributed by atoms with Crippen LogP contribution in [0.25, 0.3) is 0 Å². The average Bonchev–Trinajstić information content (AvgIpc) is 3.11. The summed E-state index contributed by atoms with van der Waals surface area (Å²) in [5.74, 6) is -3.03. The van der Waals surface area contributed by atoms with Crippen LogP contribution in [-0.2, 0) is 19.7 Å². The van der Waals surface area contributed by atoms with Gasteiger partial charge in [-0.2, -0.15) is 13.2 Å². The Morgan fingerprint density at radius 1 is 1.00 bits per heavy atom. The highest BCUT2D eigenvalue weighted by molar-refractivity contribution is 7.98. The van der Waals surface area contributed by atoms with Crippen molar-refractivity contribution in [2.75, 3.05) is 31.0 Å². The molecule has 4 rings (SSSR count). The Balaban J connectivity index is 1.57. The highest BCUT2D eigenvalue weighted by Crippen LogP contribution is 2.32. The summed E-state index contributed by atoms with van der Waals surface area (Å²) in [5.41, 5.74) is 1.22. The van der Waals surface area contributed by atoms with Crippen LogP contribution in [0.15, 0.2) is 58.6 Å². The van der Waals surface area contributed by atoms with Gasteiger partial charge < -0.3 is 15.5 Å². The van der Waals surface area contributed by atoms with Gasteiger partial charge in [0.15, 0.2) is 0 Å². The quantitative estimate of drug-likeness (QED) is 0.223. The molecule has 0 unspecified atom stereocenters. The van der Waals surface area contributed by atoms with E-state index in [1.54, 1.807) is 12.3 Å². The standard InChI is InChI=1S/C23H19F3N6O6S2/c1-31-20(33)14-6-4-12(8-15(14)21(31)34)29-18-10-19(28-11-27-18)30-16-9-13(5-7-17(16)39-3)40(36,37)32(2)38-22(35)23(24,25)26/h4-11H,1-3H3,(H2,27,28,29,30). The van der Waals surface area contributed by atoms with Crippen molar-refractivity contribution in [1.82, 2.24) is 19.3 Å². The molecule has 1 aliphatic heterocycles. The monoisotopic (exact) mass is 596 g/mol. The molecule has 2 amide bonds. The molecule has 0 fully saturated rings. The summed E-state index contributed by atoms with van der Waals surface area (Å²) in [6.07, 6.45) is -2.46. The first-order chi connectivity index (χ1) is 18.7. The van der Waals surface area contributed by atoms with Crippen LogP contribution in [-0.4, -0.2) is 72.1 Å². The van der Waals surface area contributed by atoms with E-state index >= 15 is 0 Å². The molecule has 2 heterocycles. The fraction of sp³-hybridized carbons (Fsp3) is 0.174. The number of hydrogen-bond acceptors (Lipinski definition) is 11. The van der Waals surface area contributed by atoms with Crippen molar-refractivity contribution in [3.63, 3.8) is 0 Å². The second kappa shape index (κ2) is 10.7. The number of hydrogen-bond donors (Lipinski definition) is 2. The predicted molar refractivity (Wildman–Crippen MR) is 137 cm³/mol. The summed E-state index contributed by atoms with van der Waals surface area (Å²) in [6, 6.07) is 9.81. The van der Waals surface area contributed by atoms with Crippen LogP contribution < -0.4 is 10.6 Å². The maximum Gasteiger partial charge on any atom is 0.492 e. The lowest BCUT2D eigenvalue weighted by atomic mass is 10.1. The van der Waals surface area contributed by atoms with Gasteiger partial charge in [0.25, 0.3) is 21.8 Å². The summed E-state index contributed by atoms with van der Waals surface area (Å²) >= 11 is 1.25. The van der Waals surface area contributed by atoms with Gasteiger partial charge in [-0.15, -0.1) is 11.8 Å². The van der Waals surface area contributed by atoms with Gasteiger partial charge in [-0.1, -0.05) is 0 Å². The molecule has 0 radical (unpaired) electrons. The third kappa shape index (κ3) is 5.70. The smallest absolute Gasteiger partial charge is 0.345 e. The van der Waals surface area contributed by atoms with E-state index in [0.29, 0.717) is 17.6 Å². The predicted octanol–water partition coefficient (Wildman–Crippen LogP) is 3.55. The Morgan fingerprint density at radius 2 is 1.65 bits per heavy atom. The van der Waals surface area contributed by atoms with Gasteiger partial charge >= 0.3 is 12.1 Å². The van der Waals surface area contributed by atoms with Crippen LogP contribution in [0.5, 0.6) is 0 Å². The van der Waals surface area contributed by atoms with Crippen LogP contribution in [0.1, 0.15) is 20.7 Å². The topological polar surface area (TPSA) is 151 Å². The van der Waals surface area contributed by atoms with Crippen molar-refractivity contribution in [3.8, 4) is 0 Å². The zero-order chi connectivity index (χ0) is 29.4. The molecule has 0 spiro atoms. The molecule has 2 N–H and O–H groups in total. The maximum absolute atomic E-state index is 12.8. The van der Waals surface area contributed by atoms with Crippen LogP contribution >= 0.6 is 11.8 Å². The van der Waals surface area contributed by atoms with Crippen LogP contribution in [0.3, 0.4) is 0 Å². The normalized spacial score (nSPS) is 13.4. The van der Waals surface area contributed by atoms with E-state index in [2.05, 4.69) is 25.4 Å².